The second kappa shape index (κ2) is 11.1. The molecule has 2 aromatic carbocycles. The minimum absolute atomic E-state index is 0. The molecule has 24 heavy (non-hydrogen) atoms. The second-order valence-electron chi connectivity index (χ2n) is 6.13. The van der Waals surface area contributed by atoms with Crippen LogP contribution in [0.25, 0.3) is 10.8 Å². The molecule has 126 valence electrons. The molecule has 3 nitrogen and oxygen atoms in total. The summed E-state index contributed by atoms with van der Waals surface area (Å²) >= 11 is 0. The van der Waals surface area contributed by atoms with Gasteiger partial charge in [-0.1, -0.05) is 69.7 Å². The van der Waals surface area contributed by atoms with Crippen LogP contribution >= 0.6 is 0 Å². The van der Waals surface area contributed by atoms with Gasteiger partial charge in [-0.3, -0.25) is 0 Å². The van der Waals surface area contributed by atoms with E-state index in [0.29, 0.717) is 0 Å². The van der Waals surface area contributed by atoms with Gasteiger partial charge in [0.2, 0.25) is 0 Å². The molecule has 0 aromatic heterocycles. The number of hydrogen-bond donors (Lipinski definition) is 0. The Bertz CT molecular complexity index is 741. The van der Waals surface area contributed by atoms with Gasteiger partial charge in [0.05, 0.1) is 4.90 Å². The first-order valence-electron chi connectivity index (χ1n) is 8.50. The van der Waals surface area contributed by atoms with E-state index in [1.165, 1.54) is 38.2 Å². The fraction of sp³-hybridized carbons (Fsp3) is 0.474. The number of hydrogen-bond acceptors (Lipinski definition) is 3. The first kappa shape index (κ1) is 22.3. The standard InChI is InChI=1S/C19H26O3S.K/c1-2-3-4-5-6-7-8-11-16-14-18(23(20,21)22)15-17-12-9-10-13-19(16)17;/h9-10,12-15H,2-8,11H2,1H3,(H,20,21,22);/q;+1/p-1. The Hall–Kier alpha value is 0.246. The van der Waals surface area contributed by atoms with Crippen molar-refractivity contribution in [1.29, 1.82) is 0 Å². The zero-order valence-electron chi connectivity index (χ0n) is 14.8. The van der Waals surface area contributed by atoms with Crippen LogP contribution in [0.3, 0.4) is 0 Å². The van der Waals surface area contributed by atoms with Crippen molar-refractivity contribution in [3.8, 4) is 0 Å². The Morgan fingerprint density at radius 2 is 1.54 bits per heavy atom. The van der Waals surface area contributed by atoms with Crippen LogP contribution < -0.4 is 51.4 Å². The Kier molecular flexibility index (Phi) is 10.3. The molecule has 0 bridgehead atoms. The van der Waals surface area contributed by atoms with Gasteiger partial charge in [-0.05, 0) is 41.3 Å². The van der Waals surface area contributed by atoms with Crippen LogP contribution in [0.15, 0.2) is 41.3 Å². The van der Waals surface area contributed by atoms with Crippen molar-refractivity contribution in [1.82, 2.24) is 0 Å². The molecule has 2 rings (SSSR count). The third-order valence-electron chi connectivity index (χ3n) is 4.26. The molecule has 0 aliphatic carbocycles. The molecule has 0 amide bonds. The smallest absolute Gasteiger partial charge is 0.744 e. The SMILES string of the molecule is CCCCCCCCCc1cc(S(=O)(=O)[O-])cc2ccccc12.[K+]. The van der Waals surface area contributed by atoms with Crippen molar-refractivity contribution >= 4 is 20.9 Å². The Labute approximate surface area is 188 Å². The molecule has 5 heteroatoms. The number of fused-ring (bicyclic) bond motifs is 1. The summed E-state index contributed by atoms with van der Waals surface area (Å²) in [7, 11) is -4.41. The van der Waals surface area contributed by atoms with E-state index in [2.05, 4.69) is 6.92 Å². The third-order valence-corrected chi connectivity index (χ3v) is 5.07. The average molecular weight is 373 g/mol. The van der Waals surface area contributed by atoms with Gasteiger partial charge in [0.15, 0.2) is 0 Å². The van der Waals surface area contributed by atoms with Crippen LogP contribution in [-0.4, -0.2) is 13.0 Å². The molecule has 0 saturated heterocycles. The summed E-state index contributed by atoms with van der Waals surface area (Å²) in [5.74, 6) is 0. The fourth-order valence-electron chi connectivity index (χ4n) is 2.98. The van der Waals surface area contributed by atoms with Gasteiger partial charge in [-0.2, -0.15) is 0 Å². The number of rotatable bonds is 9. The van der Waals surface area contributed by atoms with Crippen molar-refractivity contribution in [2.24, 2.45) is 0 Å². The topological polar surface area (TPSA) is 57.2 Å². The van der Waals surface area contributed by atoms with Crippen LogP contribution in [0.2, 0.25) is 0 Å². The molecule has 0 saturated carbocycles. The fourth-order valence-corrected chi connectivity index (χ4v) is 3.54. The van der Waals surface area contributed by atoms with Crippen LogP contribution in [0, 0.1) is 0 Å². The maximum atomic E-state index is 11.3. The van der Waals surface area contributed by atoms with Crippen molar-refractivity contribution in [3.63, 3.8) is 0 Å². The molecule has 0 aliphatic rings. The molecule has 0 heterocycles. The van der Waals surface area contributed by atoms with Crippen LogP contribution in [0.5, 0.6) is 0 Å². The Morgan fingerprint density at radius 3 is 2.21 bits per heavy atom. The van der Waals surface area contributed by atoms with E-state index in [1.807, 2.05) is 24.3 Å². The van der Waals surface area contributed by atoms with E-state index in [1.54, 1.807) is 6.07 Å². The van der Waals surface area contributed by atoms with E-state index in [4.69, 9.17) is 0 Å². The zero-order chi connectivity index (χ0) is 16.7. The molecular formula is C19H25KO3S. The summed E-state index contributed by atoms with van der Waals surface area (Å²) < 4.78 is 34.0. The van der Waals surface area contributed by atoms with Gasteiger partial charge in [-0.25, -0.2) is 8.42 Å². The second-order valence-corrected chi connectivity index (χ2v) is 7.51. The summed E-state index contributed by atoms with van der Waals surface area (Å²) in [6.45, 7) is 2.21. The van der Waals surface area contributed by atoms with E-state index in [0.717, 1.165) is 35.6 Å². The minimum Gasteiger partial charge on any atom is -0.744 e. The summed E-state index contributed by atoms with van der Waals surface area (Å²) in [4.78, 5) is -0.117. The van der Waals surface area contributed by atoms with Crippen molar-refractivity contribution in [2.45, 2.75) is 63.2 Å². The zero-order valence-corrected chi connectivity index (χ0v) is 18.7. The molecule has 0 unspecified atom stereocenters. The number of unbranched alkanes of at least 4 members (excludes halogenated alkanes) is 6. The van der Waals surface area contributed by atoms with Gasteiger partial charge in [0.1, 0.15) is 10.1 Å². The quantitative estimate of drug-likeness (QED) is 0.384. The number of benzene rings is 2. The summed E-state index contributed by atoms with van der Waals surface area (Å²) in [5, 5.41) is 1.87. The predicted octanol–water partition coefficient (Wildman–Crippen LogP) is 2.04. The van der Waals surface area contributed by atoms with Crippen molar-refractivity contribution in [2.75, 3.05) is 0 Å². The predicted molar refractivity (Wildman–Crippen MR) is 93.6 cm³/mol. The molecule has 0 fully saturated rings. The van der Waals surface area contributed by atoms with Gasteiger partial charge in [0.25, 0.3) is 0 Å². The van der Waals surface area contributed by atoms with E-state index >= 15 is 0 Å². The Morgan fingerprint density at radius 1 is 0.917 bits per heavy atom. The van der Waals surface area contributed by atoms with Gasteiger partial charge in [0, 0.05) is 0 Å². The molecule has 0 aliphatic heterocycles. The maximum absolute atomic E-state index is 11.3. The average Bonchev–Trinajstić information content (AvgIpc) is 2.53. The summed E-state index contributed by atoms with van der Waals surface area (Å²) in [6.07, 6.45) is 9.32. The van der Waals surface area contributed by atoms with Gasteiger partial charge < -0.3 is 4.55 Å². The minimum atomic E-state index is -4.41. The normalized spacial score (nSPS) is 11.4. The monoisotopic (exact) mass is 372 g/mol. The van der Waals surface area contributed by atoms with Crippen LogP contribution in [0.1, 0.15) is 57.4 Å². The molecule has 0 N–H and O–H groups in total. The van der Waals surface area contributed by atoms with Crippen molar-refractivity contribution < 1.29 is 64.4 Å². The van der Waals surface area contributed by atoms with Crippen LogP contribution in [-0.2, 0) is 16.5 Å². The van der Waals surface area contributed by atoms with Gasteiger partial charge >= 0.3 is 51.4 Å². The Balaban J connectivity index is 0.00000288. The summed E-state index contributed by atoms with van der Waals surface area (Å²) in [6, 6.07) is 10.7. The number of aryl methyl sites for hydroxylation is 1. The third kappa shape index (κ3) is 6.87. The van der Waals surface area contributed by atoms with E-state index in [-0.39, 0.29) is 56.3 Å². The molecule has 0 radical (unpaired) electrons. The van der Waals surface area contributed by atoms with Crippen LogP contribution in [0.4, 0.5) is 0 Å². The molecule has 0 spiro atoms. The van der Waals surface area contributed by atoms with E-state index < -0.39 is 10.1 Å². The van der Waals surface area contributed by atoms with E-state index in [9.17, 15) is 13.0 Å². The summed E-state index contributed by atoms with van der Waals surface area (Å²) in [5.41, 5.74) is 0.964. The largest absolute Gasteiger partial charge is 1.00 e. The molecule has 2 aromatic rings. The first-order valence-corrected chi connectivity index (χ1v) is 9.91. The van der Waals surface area contributed by atoms with Crippen molar-refractivity contribution in [3.05, 3.63) is 42.0 Å². The molecular weight excluding hydrogens is 347 g/mol. The maximum Gasteiger partial charge on any atom is 1.00 e. The van der Waals surface area contributed by atoms with Gasteiger partial charge in [-0.15, -0.1) is 0 Å². The molecule has 0 atom stereocenters. The first-order chi connectivity index (χ1) is 11.0.